The molecule has 4 heterocycles. The molecule has 31 heavy (non-hydrogen) atoms. The standard InChI is InChI=1S/C19H18N4O5S3/c1-11(2)10-31(25,26)19-22-23-16(20)14(17(24)21-18(23)30-19)8-12-5-6-15(28-12)29-9-13-4-3-7-27-13/h3-8,11,20H,9-10H2,1-2H3/b14-8+,20-16?. The minimum absolute atomic E-state index is 0.0347. The van der Waals surface area contributed by atoms with Crippen molar-refractivity contribution in [2.24, 2.45) is 16.0 Å². The van der Waals surface area contributed by atoms with Gasteiger partial charge in [0.25, 0.3) is 5.91 Å². The quantitative estimate of drug-likeness (QED) is 0.490. The van der Waals surface area contributed by atoms with E-state index in [9.17, 15) is 13.2 Å². The number of amidine groups is 2. The van der Waals surface area contributed by atoms with Crippen LogP contribution in [-0.4, -0.2) is 40.5 Å². The Morgan fingerprint density at radius 2 is 2.13 bits per heavy atom. The molecule has 2 aliphatic rings. The molecule has 1 N–H and O–H groups in total. The zero-order valence-corrected chi connectivity index (χ0v) is 19.0. The van der Waals surface area contributed by atoms with Crippen molar-refractivity contribution in [2.45, 2.75) is 24.7 Å². The van der Waals surface area contributed by atoms with Crippen molar-refractivity contribution >= 4 is 60.7 Å². The Morgan fingerprint density at radius 3 is 2.84 bits per heavy atom. The molecule has 0 spiro atoms. The summed E-state index contributed by atoms with van der Waals surface area (Å²) in [4.78, 5) is 16.4. The Morgan fingerprint density at radius 1 is 1.32 bits per heavy atom. The number of nitrogens with one attached hydrogen (secondary N) is 1. The molecule has 2 aliphatic heterocycles. The van der Waals surface area contributed by atoms with Crippen LogP contribution in [0, 0.1) is 11.3 Å². The number of rotatable bonds is 6. The van der Waals surface area contributed by atoms with Crippen molar-refractivity contribution in [1.29, 1.82) is 5.41 Å². The van der Waals surface area contributed by atoms with Crippen molar-refractivity contribution in [3.05, 3.63) is 47.6 Å². The molecule has 0 saturated carbocycles. The molecule has 2 aromatic rings. The van der Waals surface area contributed by atoms with Crippen LogP contribution in [-0.2, 0) is 20.4 Å². The molecule has 2 aromatic heterocycles. The third-order valence-electron chi connectivity index (χ3n) is 4.08. The van der Waals surface area contributed by atoms with Gasteiger partial charge in [0.15, 0.2) is 10.9 Å². The van der Waals surface area contributed by atoms with Crippen molar-refractivity contribution in [3.8, 4) is 0 Å². The van der Waals surface area contributed by atoms with E-state index < -0.39 is 15.7 Å². The van der Waals surface area contributed by atoms with E-state index in [0.29, 0.717) is 16.6 Å². The first-order valence-corrected chi connectivity index (χ1v) is 12.7. The number of fused-ring (bicyclic) bond motifs is 1. The van der Waals surface area contributed by atoms with Gasteiger partial charge in [-0.15, -0.1) is 5.10 Å². The molecule has 4 rings (SSSR count). The minimum atomic E-state index is -3.62. The summed E-state index contributed by atoms with van der Waals surface area (Å²) in [5.41, 5.74) is -0.0347. The van der Waals surface area contributed by atoms with Crippen LogP contribution < -0.4 is 0 Å². The summed E-state index contributed by atoms with van der Waals surface area (Å²) in [7, 11) is -3.62. The molecule has 0 saturated heterocycles. The summed E-state index contributed by atoms with van der Waals surface area (Å²) < 4.78 is 35.8. The predicted octanol–water partition coefficient (Wildman–Crippen LogP) is 3.81. The van der Waals surface area contributed by atoms with Gasteiger partial charge in [-0.3, -0.25) is 10.2 Å². The average molecular weight is 479 g/mol. The summed E-state index contributed by atoms with van der Waals surface area (Å²) in [5, 5.41) is 14.1. The number of hydrogen-bond acceptors (Lipinski definition) is 9. The molecule has 0 bridgehead atoms. The predicted molar refractivity (Wildman–Crippen MR) is 121 cm³/mol. The second-order valence-corrected chi connectivity index (χ2v) is 11.2. The second kappa shape index (κ2) is 8.52. The molecule has 0 aliphatic carbocycles. The first kappa shape index (κ1) is 21.7. The van der Waals surface area contributed by atoms with Crippen LogP contribution in [0.2, 0.25) is 0 Å². The maximum absolute atomic E-state index is 12.5. The topological polar surface area (TPSA) is 129 Å². The van der Waals surface area contributed by atoms with Crippen LogP contribution in [0.4, 0.5) is 0 Å². The number of thioether (sulfide) groups is 2. The van der Waals surface area contributed by atoms with Crippen LogP contribution in [0.5, 0.6) is 0 Å². The maximum atomic E-state index is 12.5. The normalized spacial score (nSPS) is 18.0. The number of nitrogens with zero attached hydrogens (tertiary/aromatic N) is 3. The Balaban J connectivity index is 1.53. The Hall–Kier alpha value is -2.57. The van der Waals surface area contributed by atoms with Crippen LogP contribution >= 0.6 is 23.5 Å². The van der Waals surface area contributed by atoms with Crippen molar-refractivity contribution in [3.63, 3.8) is 0 Å². The first-order chi connectivity index (χ1) is 14.7. The van der Waals surface area contributed by atoms with Gasteiger partial charge in [-0.2, -0.15) is 10.0 Å². The van der Waals surface area contributed by atoms with Crippen LogP contribution in [0.3, 0.4) is 0 Å². The lowest BCUT2D eigenvalue weighted by molar-refractivity contribution is -0.114. The molecule has 0 radical (unpaired) electrons. The number of amides is 1. The fourth-order valence-corrected chi connectivity index (χ4v) is 6.33. The van der Waals surface area contributed by atoms with Crippen molar-refractivity contribution in [2.75, 3.05) is 5.75 Å². The molecule has 0 aromatic carbocycles. The number of hydrazone groups is 1. The summed E-state index contributed by atoms with van der Waals surface area (Å²) >= 11 is 2.21. The van der Waals surface area contributed by atoms with Crippen molar-refractivity contribution < 1.29 is 22.0 Å². The number of carbonyl (C=O) groups excluding carboxylic acids is 1. The number of furan rings is 2. The highest BCUT2D eigenvalue weighted by Crippen LogP contribution is 2.32. The Labute approximate surface area is 187 Å². The first-order valence-electron chi connectivity index (χ1n) is 9.21. The molecular weight excluding hydrogens is 460 g/mol. The van der Waals surface area contributed by atoms with E-state index in [4.69, 9.17) is 14.2 Å². The smallest absolute Gasteiger partial charge is 0.283 e. The van der Waals surface area contributed by atoms with Crippen LogP contribution in [0.25, 0.3) is 6.08 Å². The molecular formula is C19H18N4O5S3. The SMILES string of the molecule is CC(C)CS(=O)(=O)C1=NN2C(=N)/C(=C\c3ccc(SCc4ccco4)o3)C(=O)N=C2S1. The lowest BCUT2D eigenvalue weighted by Gasteiger charge is -2.19. The van der Waals surface area contributed by atoms with Gasteiger partial charge < -0.3 is 8.83 Å². The van der Waals surface area contributed by atoms with E-state index >= 15 is 0 Å². The maximum Gasteiger partial charge on any atom is 0.283 e. The molecule has 1 amide bonds. The molecule has 0 unspecified atom stereocenters. The highest BCUT2D eigenvalue weighted by atomic mass is 32.3. The van der Waals surface area contributed by atoms with Gasteiger partial charge in [0.05, 0.1) is 23.3 Å². The number of hydrogen-bond donors (Lipinski definition) is 1. The second-order valence-electron chi connectivity index (χ2n) is 7.09. The van der Waals surface area contributed by atoms with Crippen LogP contribution in [0.15, 0.2) is 60.1 Å². The van der Waals surface area contributed by atoms with Gasteiger partial charge >= 0.3 is 0 Å². The fraction of sp³-hybridized carbons (Fsp3) is 0.263. The summed E-state index contributed by atoms with van der Waals surface area (Å²) in [6.07, 6.45) is 3.00. The summed E-state index contributed by atoms with van der Waals surface area (Å²) in [6, 6.07) is 7.10. The molecule has 9 nitrogen and oxygen atoms in total. The van der Waals surface area contributed by atoms with Crippen molar-refractivity contribution in [1.82, 2.24) is 5.01 Å². The summed E-state index contributed by atoms with van der Waals surface area (Å²) in [5.74, 6) is 0.711. The molecule has 0 fully saturated rings. The van der Waals surface area contributed by atoms with Gasteiger partial charge in [-0.25, -0.2) is 8.42 Å². The zero-order valence-electron chi connectivity index (χ0n) is 16.6. The van der Waals surface area contributed by atoms with E-state index in [1.54, 1.807) is 32.2 Å². The molecule has 162 valence electrons. The van der Waals surface area contributed by atoms with E-state index in [0.717, 1.165) is 22.5 Å². The van der Waals surface area contributed by atoms with E-state index in [1.165, 1.54) is 17.8 Å². The van der Waals surface area contributed by atoms with Gasteiger partial charge in [0.1, 0.15) is 11.5 Å². The fourth-order valence-electron chi connectivity index (χ4n) is 2.78. The van der Waals surface area contributed by atoms with E-state index in [1.807, 2.05) is 12.1 Å². The Kier molecular flexibility index (Phi) is 5.95. The van der Waals surface area contributed by atoms with Gasteiger partial charge in [0, 0.05) is 0 Å². The Bertz CT molecular complexity index is 1220. The average Bonchev–Trinajstić information content (AvgIpc) is 3.43. The number of carbonyl (C=O) groups is 1. The lowest BCUT2D eigenvalue weighted by Crippen LogP contribution is -2.35. The number of sulfone groups is 1. The van der Waals surface area contributed by atoms with Gasteiger partial charge in [-0.1, -0.05) is 25.6 Å². The van der Waals surface area contributed by atoms with Crippen LogP contribution in [0.1, 0.15) is 25.4 Å². The van der Waals surface area contributed by atoms with E-state index in [2.05, 4.69) is 10.1 Å². The zero-order chi connectivity index (χ0) is 22.2. The third kappa shape index (κ3) is 4.70. The lowest BCUT2D eigenvalue weighted by atomic mass is 10.1. The third-order valence-corrected chi connectivity index (χ3v) is 8.45. The van der Waals surface area contributed by atoms with Gasteiger partial charge in [-0.05, 0) is 48.0 Å². The minimum Gasteiger partial charge on any atom is -0.468 e. The largest absolute Gasteiger partial charge is 0.468 e. The van der Waals surface area contributed by atoms with Gasteiger partial charge in [0.2, 0.25) is 19.4 Å². The molecule has 0 atom stereocenters. The highest BCUT2D eigenvalue weighted by molar-refractivity contribution is 8.42. The summed E-state index contributed by atoms with van der Waals surface area (Å²) in [6.45, 7) is 3.58. The highest BCUT2D eigenvalue weighted by Gasteiger charge is 2.39. The molecule has 12 heteroatoms. The number of aliphatic imine (C=N–C) groups is 1. The monoisotopic (exact) mass is 478 g/mol. The van der Waals surface area contributed by atoms with E-state index in [-0.39, 0.29) is 32.6 Å².